The van der Waals surface area contributed by atoms with E-state index in [-0.39, 0.29) is 6.61 Å². The Morgan fingerprint density at radius 2 is 2.31 bits per heavy atom. The fraction of sp³-hybridized carbons (Fsp3) is 0.455. The second-order valence-corrected chi connectivity index (χ2v) is 3.67. The summed E-state index contributed by atoms with van der Waals surface area (Å²) >= 11 is 0. The van der Waals surface area contributed by atoms with Gasteiger partial charge in [0.1, 0.15) is 5.52 Å². The SMILES string of the molecule is CCN(CCO)c1nccn2nc(C)cc12. The smallest absolute Gasteiger partial charge is 0.154 e. The standard InChI is InChI=1S/C11H16N4O/c1-3-14(6-7-16)11-10-8-9(2)13-15(10)5-4-12-11/h4-5,8,16H,3,6-7H2,1-2H3. The van der Waals surface area contributed by atoms with Crippen LogP contribution in [0.25, 0.3) is 5.52 Å². The minimum absolute atomic E-state index is 0.129. The first kappa shape index (κ1) is 10.9. The quantitative estimate of drug-likeness (QED) is 0.830. The van der Waals surface area contributed by atoms with Gasteiger partial charge in [0.15, 0.2) is 5.82 Å². The number of anilines is 1. The van der Waals surface area contributed by atoms with E-state index >= 15 is 0 Å². The Balaban J connectivity index is 2.49. The molecular weight excluding hydrogens is 204 g/mol. The predicted molar refractivity (Wildman–Crippen MR) is 62.7 cm³/mol. The molecule has 5 nitrogen and oxygen atoms in total. The van der Waals surface area contributed by atoms with Crippen molar-refractivity contribution in [3.63, 3.8) is 0 Å². The molecule has 0 aliphatic carbocycles. The highest BCUT2D eigenvalue weighted by molar-refractivity contribution is 5.68. The van der Waals surface area contributed by atoms with Crippen LogP contribution in [0.4, 0.5) is 5.82 Å². The lowest BCUT2D eigenvalue weighted by Crippen LogP contribution is -2.27. The lowest BCUT2D eigenvalue weighted by Gasteiger charge is -2.21. The first-order chi connectivity index (χ1) is 7.76. The first-order valence-electron chi connectivity index (χ1n) is 5.43. The van der Waals surface area contributed by atoms with Gasteiger partial charge >= 0.3 is 0 Å². The van der Waals surface area contributed by atoms with Crippen LogP contribution >= 0.6 is 0 Å². The number of aliphatic hydroxyl groups is 1. The van der Waals surface area contributed by atoms with E-state index in [4.69, 9.17) is 5.11 Å². The maximum Gasteiger partial charge on any atom is 0.154 e. The second-order valence-electron chi connectivity index (χ2n) is 3.67. The van der Waals surface area contributed by atoms with Crippen molar-refractivity contribution in [2.45, 2.75) is 13.8 Å². The summed E-state index contributed by atoms with van der Waals surface area (Å²) in [4.78, 5) is 6.40. The number of aryl methyl sites for hydroxylation is 1. The third-order valence-corrected chi connectivity index (χ3v) is 2.54. The van der Waals surface area contributed by atoms with Crippen LogP contribution in [-0.2, 0) is 0 Å². The van der Waals surface area contributed by atoms with Crippen molar-refractivity contribution in [2.75, 3.05) is 24.6 Å². The molecule has 0 saturated heterocycles. The molecule has 0 saturated carbocycles. The third-order valence-electron chi connectivity index (χ3n) is 2.54. The zero-order chi connectivity index (χ0) is 11.5. The summed E-state index contributed by atoms with van der Waals surface area (Å²) in [5.74, 6) is 0.875. The van der Waals surface area contributed by atoms with Gasteiger partial charge in [-0.3, -0.25) is 0 Å². The van der Waals surface area contributed by atoms with Gasteiger partial charge in [-0.25, -0.2) is 9.50 Å². The maximum atomic E-state index is 9.01. The van der Waals surface area contributed by atoms with E-state index in [9.17, 15) is 0 Å². The summed E-state index contributed by atoms with van der Waals surface area (Å²) < 4.78 is 1.82. The number of nitrogens with zero attached hydrogens (tertiary/aromatic N) is 4. The zero-order valence-corrected chi connectivity index (χ0v) is 9.59. The number of hydrogen-bond donors (Lipinski definition) is 1. The van der Waals surface area contributed by atoms with E-state index in [1.165, 1.54) is 0 Å². The van der Waals surface area contributed by atoms with Gasteiger partial charge in [-0.2, -0.15) is 5.10 Å². The molecule has 0 spiro atoms. The second kappa shape index (κ2) is 4.49. The first-order valence-corrected chi connectivity index (χ1v) is 5.43. The van der Waals surface area contributed by atoms with Crippen LogP contribution in [0.3, 0.4) is 0 Å². The van der Waals surface area contributed by atoms with Crippen LogP contribution in [0.5, 0.6) is 0 Å². The van der Waals surface area contributed by atoms with Crippen molar-refractivity contribution in [1.29, 1.82) is 0 Å². The monoisotopic (exact) mass is 220 g/mol. The van der Waals surface area contributed by atoms with Crippen LogP contribution in [-0.4, -0.2) is 39.4 Å². The largest absolute Gasteiger partial charge is 0.395 e. The van der Waals surface area contributed by atoms with E-state index in [0.29, 0.717) is 6.54 Å². The lowest BCUT2D eigenvalue weighted by atomic mass is 10.3. The fourth-order valence-electron chi connectivity index (χ4n) is 1.81. The average molecular weight is 220 g/mol. The van der Waals surface area contributed by atoms with Gasteiger partial charge in [0.05, 0.1) is 12.3 Å². The van der Waals surface area contributed by atoms with Crippen molar-refractivity contribution in [1.82, 2.24) is 14.6 Å². The summed E-state index contributed by atoms with van der Waals surface area (Å²) in [5, 5.41) is 13.4. The molecule has 2 aromatic rings. The van der Waals surface area contributed by atoms with Crippen LogP contribution in [0.1, 0.15) is 12.6 Å². The molecule has 16 heavy (non-hydrogen) atoms. The number of likely N-dealkylation sites (N-methyl/N-ethyl adjacent to an activating group) is 1. The highest BCUT2D eigenvalue weighted by Gasteiger charge is 2.11. The molecule has 2 heterocycles. The zero-order valence-electron chi connectivity index (χ0n) is 9.59. The van der Waals surface area contributed by atoms with Crippen molar-refractivity contribution in [3.05, 3.63) is 24.2 Å². The van der Waals surface area contributed by atoms with Crippen molar-refractivity contribution >= 4 is 11.3 Å². The van der Waals surface area contributed by atoms with Crippen LogP contribution in [0.2, 0.25) is 0 Å². The Hall–Kier alpha value is -1.62. The predicted octanol–water partition coefficient (Wildman–Crippen LogP) is 0.856. The molecular formula is C11H16N4O. The summed E-state index contributed by atoms with van der Waals surface area (Å²) in [7, 11) is 0. The Bertz CT molecular complexity index is 480. The molecule has 0 radical (unpaired) electrons. The fourth-order valence-corrected chi connectivity index (χ4v) is 1.81. The maximum absolute atomic E-state index is 9.01. The molecule has 0 bridgehead atoms. The van der Waals surface area contributed by atoms with Gasteiger partial charge in [-0.15, -0.1) is 0 Å². The minimum atomic E-state index is 0.129. The van der Waals surface area contributed by atoms with Crippen LogP contribution in [0, 0.1) is 6.92 Å². The number of rotatable bonds is 4. The summed E-state index contributed by atoms with van der Waals surface area (Å²) in [6, 6.07) is 2.00. The molecule has 0 atom stereocenters. The third kappa shape index (κ3) is 1.86. The molecule has 0 aromatic carbocycles. The van der Waals surface area contributed by atoms with Crippen LogP contribution < -0.4 is 4.90 Å². The highest BCUT2D eigenvalue weighted by atomic mass is 16.3. The number of hydrogen-bond acceptors (Lipinski definition) is 4. The van der Waals surface area contributed by atoms with Gasteiger partial charge in [-0.05, 0) is 19.9 Å². The highest BCUT2D eigenvalue weighted by Crippen LogP contribution is 2.18. The molecule has 0 aliphatic heterocycles. The molecule has 86 valence electrons. The summed E-state index contributed by atoms with van der Waals surface area (Å²) in [6.45, 7) is 5.54. The van der Waals surface area contributed by atoms with Crippen LogP contribution in [0.15, 0.2) is 18.5 Å². The van der Waals surface area contributed by atoms with Crippen molar-refractivity contribution in [2.24, 2.45) is 0 Å². The van der Waals surface area contributed by atoms with Gasteiger partial charge in [0.2, 0.25) is 0 Å². The van der Waals surface area contributed by atoms with E-state index in [1.54, 1.807) is 6.20 Å². The Labute approximate surface area is 94.3 Å². The van der Waals surface area contributed by atoms with Gasteiger partial charge in [0, 0.05) is 25.5 Å². The number of aromatic nitrogens is 3. The van der Waals surface area contributed by atoms with E-state index < -0.39 is 0 Å². The Kier molecular flexibility index (Phi) is 3.05. The molecule has 0 unspecified atom stereocenters. The van der Waals surface area contributed by atoms with Gasteiger partial charge in [-0.1, -0.05) is 0 Å². The number of fused-ring (bicyclic) bond motifs is 1. The molecule has 0 aliphatic rings. The molecule has 2 rings (SSSR count). The van der Waals surface area contributed by atoms with E-state index in [1.807, 2.05) is 35.5 Å². The average Bonchev–Trinajstić information content (AvgIpc) is 2.66. The summed E-state index contributed by atoms with van der Waals surface area (Å²) in [6.07, 6.45) is 3.56. The molecule has 5 heteroatoms. The normalized spacial score (nSPS) is 10.9. The Morgan fingerprint density at radius 1 is 1.50 bits per heavy atom. The van der Waals surface area contributed by atoms with Gasteiger partial charge in [0.25, 0.3) is 0 Å². The van der Waals surface area contributed by atoms with Gasteiger partial charge < -0.3 is 10.0 Å². The molecule has 1 N–H and O–H groups in total. The van der Waals surface area contributed by atoms with Crippen molar-refractivity contribution < 1.29 is 5.11 Å². The topological polar surface area (TPSA) is 53.7 Å². The molecule has 0 fully saturated rings. The lowest BCUT2D eigenvalue weighted by molar-refractivity contribution is 0.302. The minimum Gasteiger partial charge on any atom is -0.395 e. The van der Waals surface area contributed by atoms with Crippen molar-refractivity contribution in [3.8, 4) is 0 Å². The summed E-state index contributed by atoms with van der Waals surface area (Å²) in [5.41, 5.74) is 1.95. The molecule has 0 amide bonds. The number of aliphatic hydroxyl groups excluding tert-OH is 1. The molecule has 2 aromatic heterocycles. The Morgan fingerprint density at radius 3 is 3.00 bits per heavy atom. The van der Waals surface area contributed by atoms with E-state index in [0.717, 1.165) is 23.6 Å². The van der Waals surface area contributed by atoms with E-state index in [2.05, 4.69) is 10.1 Å².